The second-order valence-corrected chi connectivity index (χ2v) is 4.38. The highest BCUT2D eigenvalue weighted by Crippen LogP contribution is 2.39. The molecule has 2 aliphatic rings. The van der Waals surface area contributed by atoms with Crippen molar-refractivity contribution >= 4 is 17.2 Å². The Morgan fingerprint density at radius 3 is 2.89 bits per heavy atom. The van der Waals surface area contributed by atoms with Crippen molar-refractivity contribution < 1.29 is 14.6 Å². The van der Waals surface area contributed by atoms with E-state index in [-0.39, 0.29) is 11.5 Å². The molecule has 1 aliphatic carbocycles. The van der Waals surface area contributed by atoms with Crippen LogP contribution in [0.3, 0.4) is 0 Å². The van der Waals surface area contributed by atoms with Crippen molar-refractivity contribution in [1.82, 2.24) is 4.98 Å². The van der Waals surface area contributed by atoms with Crippen LogP contribution < -0.4 is 16.0 Å². The fraction of sp³-hybridized carbons (Fsp3) is 0.364. The largest absolute Gasteiger partial charge is 0.388 e. The molecule has 2 heterocycles. The predicted octanol–water partition coefficient (Wildman–Crippen LogP) is -0.348. The summed E-state index contributed by atoms with van der Waals surface area (Å²) >= 11 is 0. The van der Waals surface area contributed by atoms with E-state index in [1.54, 1.807) is 11.0 Å². The van der Waals surface area contributed by atoms with E-state index in [4.69, 9.17) is 5.73 Å². The van der Waals surface area contributed by atoms with Gasteiger partial charge in [-0.25, -0.2) is 9.37 Å². The Labute approximate surface area is 103 Å². The zero-order valence-corrected chi connectivity index (χ0v) is 9.42. The molecule has 1 aromatic rings. The van der Waals surface area contributed by atoms with Crippen molar-refractivity contribution in [2.45, 2.75) is 18.2 Å². The summed E-state index contributed by atoms with van der Waals surface area (Å²) in [7, 11) is 0. The van der Waals surface area contributed by atoms with Gasteiger partial charge >= 0.3 is 0 Å². The molecule has 0 saturated heterocycles. The van der Waals surface area contributed by atoms with Crippen LogP contribution in [-0.2, 0) is 0 Å². The van der Waals surface area contributed by atoms with Crippen LogP contribution >= 0.6 is 0 Å². The van der Waals surface area contributed by atoms with Crippen molar-refractivity contribution in [3.05, 3.63) is 24.2 Å². The molecule has 0 radical (unpaired) electrons. The van der Waals surface area contributed by atoms with Crippen LogP contribution in [0.2, 0.25) is 0 Å². The number of nitrogens with one attached hydrogen (secondary N) is 1. The molecule has 96 valence electrons. The second-order valence-electron chi connectivity index (χ2n) is 4.38. The molecule has 0 aromatic carbocycles. The minimum absolute atomic E-state index is 0.214. The molecule has 3 atom stereocenters. The Balaban J connectivity index is 2.01. The van der Waals surface area contributed by atoms with E-state index in [1.165, 1.54) is 6.08 Å². The van der Waals surface area contributed by atoms with Gasteiger partial charge in [0, 0.05) is 0 Å². The van der Waals surface area contributed by atoms with Crippen molar-refractivity contribution in [2.24, 2.45) is 0 Å². The Hall–Kier alpha value is -1.86. The summed E-state index contributed by atoms with van der Waals surface area (Å²) in [5, 5.41) is 22.3. The average Bonchev–Trinajstić information content (AvgIpc) is 2.91. The third-order valence-electron chi connectivity index (χ3n) is 3.31. The van der Waals surface area contributed by atoms with Crippen LogP contribution in [0, 0.1) is 5.82 Å². The van der Waals surface area contributed by atoms with Gasteiger partial charge in [-0.1, -0.05) is 12.2 Å². The van der Waals surface area contributed by atoms with Crippen molar-refractivity contribution in [2.75, 3.05) is 22.6 Å². The van der Waals surface area contributed by atoms with Crippen molar-refractivity contribution in [1.29, 1.82) is 0 Å². The Bertz CT molecular complexity index is 522. The third kappa shape index (κ3) is 1.44. The Morgan fingerprint density at radius 1 is 1.44 bits per heavy atom. The highest BCUT2D eigenvalue weighted by Gasteiger charge is 2.38. The molecule has 0 amide bonds. The zero-order valence-electron chi connectivity index (χ0n) is 9.42. The van der Waals surface area contributed by atoms with Gasteiger partial charge in [-0.3, -0.25) is 0 Å². The SMILES string of the molecule is Nc1ncc(F)c2c1NCN2[C@@H]1C=C[C@@H](O)[C@H]1O. The maximum absolute atomic E-state index is 13.8. The number of aliphatic hydroxyl groups is 2. The molecular weight excluding hydrogens is 239 g/mol. The number of nitrogen functional groups attached to an aromatic ring is 1. The molecule has 0 unspecified atom stereocenters. The van der Waals surface area contributed by atoms with Gasteiger partial charge in [-0.15, -0.1) is 0 Å². The molecule has 7 heteroatoms. The molecule has 6 nitrogen and oxygen atoms in total. The Kier molecular flexibility index (Phi) is 2.39. The normalized spacial score (nSPS) is 29.5. The maximum Gasteiger partial charge on any atom is 0.167 e. The highest BCUT2D eigenvalue weighted by atomic mass is 19.1. The summed E-state index contributed by atoms with van der Waals surface area (Å²) in [6.07, 6.45) is 2.29. The van der Waals surface area contributed by atoms with E-state index >= 15 is 0 Å². The molecule has 1 aromatic heterocycles. The number of fused-ring (bicyclic) bond motifs is 1. The van der Waals surface area contributed by atoms with Crippen LogP contribution in [-0.4, -0.2) is 40.1 Å². The molecule has 0 saturated carbocycles. The molecule has 18 heavy (non-hydrogen) atoms. The van der Waals surface area contributed by atoms with Crippen LogP contribution in [0.5, 0.6) is 0 Å². The van der Waals surface area contributed by atoms with Gasteiger partial charge in [0.05, 0.1) is 18.9 Å². The molecule has 0 fully saturated rings. The molecular formula is C11H13FN4O2. The van der Waals surface area contributed by atoms with Crippen LogP contribution in [0.25, 0.3) is 0 Å². The molecule has 0 spiro atoms. The lowest BCUT2D eigenvalue weighted by molar-refractivity contribution is 0.0504. The van der Waals surface area contributed by atoms with E-state index in [2.05, 4.69) is 10.3 Å². The van der Waals surface area contributed by atoms with E-state index < -0.39 is 24.1 Å². The number of halogens is 1. The number of anilines is 3. The number of rotatable bonds is 1. The summed E-state index contributed by atoms with van der Waals surface area (Å²) in [4.78, 5) is 5.35. The van der Waals surface area contributed by atoms with Gasteiger partial charge in [0.2, 0.25) is 0 Å². The zero-order chi connectivity index (χ0) is 12.9. The smallest absolute Gasteiger partial charge is 0.167 e. The number of aliphatic hydroxyl groups excluding tert-OH is 2. The number of aromatic nitrogens is 1. The summed E-state index contributed by atoms with van der Waals surface area (Å²) in [5.74, 6) is -0.294. The van der Waals surface area contributed by atoms with Gasteiger partial charge in [0.15, 0.2) is 5.82 Å². The number of hydrogen-bond donors (Lipinski definition) is 4. The van der Waals surface area contributed by atoms with Crippen molar-refractivity contribution in [3.63, 3.8) is 0 Å². The van der Waals surface area contributed by atoms with E-state index in [1.807, 2.05) is 0 Å². The van der Waals surface area contributed by atoms with E-state index in [0.717, 1.165) is 6.20 Å². The van der Waals surface area contributed by atoms with Crippen LogP contribution in [0.4, 0.5) is 21.6 Å². The topological polar surface area (TPSA) is 94.6 Å². The van der Waals surface area contributed by atoms with Gasteiger partial charge in [-0.05, 0) is 0 Å². The Morgan fingerprint density at radius 2 is 2.22 bits per heavy atom. The molecule has 0 bridgehead atoms. The third-order valence-corrected chi connectivity index (χ3v) is 3.31. The monoisotopic (exact) mass is 252 g/mol. The molecule has 5 N–H and O–H groups in total. The lowest BCUT2D eigenvalue weighted by Gasteiger charge is -2.28. The van der Waals surface area contributed by atoms with Crippen LogP contribution in [0.15, 0.2) is 18.3 Å². The van der Waals surface area contributed by atoms with Crippen LogP contribution in [0.1, 0.15) is 0 Å². The minimum atomic E-state index is -0.980. The predicted molar refractivity (Wildman–Crippen MR) is 64.5 cm³/mol. The number of pyridine rings is 1. The maximum atomic E-state index is 13.8. The van der Waals surface area contributed by atoms with Gasteiger partial charge in [-0.2, -0.15) is 0 Å². The average molecular weight is 252 g/mol. The standard InChI is InChI=1S/C11H13FN4O2/c12-5-3-14-11(13)8-9(5)16(4-15-8)6-1-2-7(17)10(6)18/h1-3,6-7,10,15,17-18H,4H2,(H2,13,14)/t6-,7-,10+/m1/s1. The lowest BCUT2D eigenvalue weighted by atomic mass is 10.1. The summed E-state index contributed by atoms with van der Waals surface area (Å²) in [5.41, 5.74) is 6.38. The van der Waals surface area contributed by atoms with Crippen molar-refractivity contribution in [3.8, 4) is 0 Å². The molecule has 3 rings (SSSR count). The fourth-order valence-electron chi connectivity index (χ4n) is 2.39. The summed E-state index contributed by atoms with van der Waals surface area (Å²) in [6.45, 7) is 0.306. The number of nitrogens with two attached hydrogens (primary N) is 1. The summed E-state index contributed by atoms with van der Waals surface area (Å²) < 4.78 is 13.8. The highest BCUT2D eigenvalue weighted by molar-refractivity contribution is 5.84. The number of hydrogen-bond acceptors (Lipinski definition) is 6. The number of nitrogens with zero attached hydrogens (tertiary/aromatic N) is 2. The first-order valence-corrected chi connectivity index (χ1v) is 5.58. The van der Waals surface area contributed by atoms with Gasteiger partial charge < -0.3 is 26.2 Å². The summed E-state index contributed by atoms with van der Waals surface area (Å²) in [6, 6.07) is -0.481. The quantitative estimate of drug-likeness (QED) is 0.510. The van der Waals surface area contributed by atoms with Gasteiger partial charge in [0.1, 0.15) is 29.4 Å². The minimum Gasteiger partial charge on any atom is -0.388 e. The van der Waals surface area contributed by atoms with Gasteiger partial charge in [0.25, 0.3) is 0 Å². The van der Waals surface area contributed by atoms with E-state index in [9.17, 15) is 14.6 Å². The fourth-order valence-corrected chi connectivity index (χ4v) is 2.39. The lowest BCUT2D eigenvalue weighted by Crippen LogP contribution is -2.44. The first kappa shape index (κ1) is 11.2. The molecule has 1 aliphatic heterocycles. The first-order valence-electron chi connectivity index (χ1n) is 5.58. The first-order chi connectivity index (χ1) is 8.59. The van der Waals surface area contributed by atoms with E-state index in [0.29, 0.717) is 12.4 Å². The second kappa shape index (κ2) is 3.82.